The second-order valence-corrected chi connectivity index (χ2v) is 4.38. The summed E-state index contributed by atoms with van der Waals surface area (Å²) in [5.74, 6) is 0.886. The molecular weight excluding hydrogens is 170 g/mol. The van der Waals surface area contributed by atoms with Crippen molar-refractivity contribution in [1.82, 2.24) is 5.32 Å². The highest BCUT2D eigenvalue weighted by Crippen LogP contribution is 2.24. The molecule has 0 amide bonds. The minimum Gasteiger partial charge on any atom is -0.313 e. The Kier molecular flexibility index (Phi) is 6.77. The molecule has 1 fully saturated rings. The molecule has 0 radical (unpaired) electrons. The fraction of sp³-hybridized carbons (Fsp3) is 0.846. The second-order valence-electron chi connectivity index (χ2n) is 4.38. The average molecular weight is 195 g/mol. The van der Waals surface area contributed by atoms with Gasteiger partial charge in [0.2, 0.25) is 0 Å². The highest BCUT2D eigenvalue weighted by atomic mass is 14.8. The topological polar surface area (TPSA) is 12.0 Å². The molecule has 82 valence electrons. The van der Waals surface area contributed by atoms with Crippen molar-refractivity contribution >= 4 is 0 Å². The number of unbranched alkanes of at least 4 members (excludes halogenated alkanes) is 1. The molecule has 0 aromatic rings. The second kappa shape index (κ2) is 8.05. The maximum Gasteiger partial charge on any atom is 0.0134 e. The van der Waals surface area contributed by atoms with Crippen molar-refractivity contribution in [3.8, 4) is 0 Å². The van der Waals surface area contributed by atoms with Crippen LogP contribution in [0.15, 0.2) is 12.2 Å². The van der Waals surface area contributed by atoms with Gasteiger partial charge in [-0.1, -0.05) is 44.8 Å². The van der Waals surface area contributed by atoms with Gasteiger partial charge in [-0.15, -0.1) is 0 Å². The van der Waals surface area contributed by atoms with Crippen molar-refractivity contribution in [2.75, 3.05) is 13.1 Å². The van der Waals surface area contributed by atoms with Crippen LogP contribution >= 0.6 is 0 Å². The van der Waals surface area contributed by atoms with Crippen molar-refractivity contribution in [1.29, 1.82) is 0 Å². The third kappa shape index (κ3) is 5.43. The number of allylic oxidation sites excluding steroid dienone is 1. The van der Waals surface area contributed by atoms with E-state index in [4.69, 9.17) is 0 Å². The summed E-state index contributed by atoms with van der Waals surface area (Å²) in [6.07, 6.45) is 14.5. The highest BCUT2D eigenvalue weighted by molar-refractivity contribution is 4.91. The van der Waals surface area contributed by atoms with Crippen LogP contribution in [0.3, 0.4) is 0 Å². The predicted octanol–water partition coefficient (Wildman–Crippen LogP) is 3.51. The van der Waals surface area contributed by atoms with Gasteiger partial charge in [0, 0.05) is 6.54 Å². The summed E-state index contributed by atoms with van der Waals surface area (Å²) >= 11 is 0. The lowest BCUT2D eigenvalue weighted by Crippen LogP contribution is -2.15. The van der Waals surface area contributed by atoms with Crippen molar-refractivity contribution in [3.63, 3.8) is 0 Å². The summed E-state index contributed by atoms with van der Waals surface area (Å²) in [5.41, 5.74) is 0. The number of rotatable bonds is 6. The van der Waals surface area contributed by atoms with Gasteiger partial charge in [-0.25, -0.2) is 0 Å². The normalized spacial score (nSPS) is 19.2. The first kappa shape index (κ1) is 11.8. The molecule has 1 aliphatic carbocycles. The number of hydrogen-bond donors (Lipinski definition) is 1. The van der Waals surface area contributed by atoms with Gasteiger partial charge in [-0.05, 0) is 31.7 Å². The van der Waals surface area contributed by atoms with Crippen molar-refractivity contribution in [2.45, 2.75) is 51.9 Å². The van der Waals surface area contributed by atoms with E-state index < -0.39 is 0 Å². The Hall–Kier alpha value is -0.300. The van der Waals surface area contributed by atoms with E-state index >= 15 is 0 Å². The van der Waals surface area contributed by atoms with E-state index in [1.54, 1.807) is 0 Å². The van der Waals surface area contributed by atoms with Gasteiger partial charge < -0.3 is 5.32 Å². The van der Waals surface area contributed by atoms with Gasteiger partial charge in [0.25, 0.3) is 0 Å². The van der Waals surface area contributed by atoms with Crippen LogP contribution in [-0.2, 0) is 0 Å². The molecule has 0 bridgehead atoms. The largest absolute Gasteiger partial charge is 0.313 e. The zero-order valence-corrected chi connectivity index (χ0v) is 9.60. The van der Waals surface area contributed by atoms with Crippen LogP contribution in [0.25, 0.3) is 0 Å². The molecule has 0 aliphatic heterocycles. The minimum absolute atomic E-state index is 0.886. The summed E-state index contributed by atoms with van der Waals surface area (Å²) in [5, 5.41) is 3.44. The van der Waals surface area contributed by atoms with Crippen LogP contribution in [0.1, 0.15) is 51.9 Å². The van der Waals surface area contributed by atoms with Crippen LogP contribution in [0.5, 0.6) is 0 Å². The number of nitrogens with one attached hydrogen (secondary N) is 1. The molecule has 1 saturated carbocycles. The van der Waals surface area contributed by atoms with Crippen LogP contribution in [0, 0.1) is 5.92 Å². The maximum atomic E-state index is 3.44. The zero-order valence-electron chi connectivity index (χ0n) is 9.60. The molecule has 1 aliphatic rings. The Morgan fingerprint density at radius 1 is 1.21 bits per heavy atom. The molecule has 1 rings (SSSR count). The van der Waals surface area contributed by atoms with E-state index in [1.165, 1.54) is 51.5 Å². The van der Waals surface area contributed by atoms with Gasteiger partial charge in [-0.2, -0.15) is 0 Å². The van der Waals surface area contributed by atoms with E-state index in [9.17, 15) is 0 Å². The first-order valence-electron chi connectivity index (χ1n) is 6.31. The molecule has 14 heavy (non-hydrogen) atoms. The Bertz CT molecular complexity index is 145. The van der Waals surface area contributed by atoms with Crippen LogP contribution in [-0.4, -0.2) is 13.1 Å². The molecule has 0 atom stereocenters. The lowest BCUT2D eigenvalue weighted by molar-refractivity contribution is 0.419. The van der Waals surface area contributed by atoms with Gasteiger partial charge >= 0.3 is 0 Å². The van der Waals surface area contributed by atoms with Crippen molar-refractivity contribution < 1.29 is 0 Å². The minimum atomic E-state index is 0.886. The summed E-state index contributed by atoms with van der Waals surface area (Å²) in [6, 6.07) is 0. The van der Waals surface area contributed by atoms with E-state index in [-0.39, 0.29) is 0 Å². The fourth-order valence-electron chi connectivity index (χ4n) is 2.07. The van der Waals surface area contributed by atoms with E-state index in [1.807, 2.05) is 0 Å². The number of hydrogen-bond acceptors (Lipinski definition) is 1. The van der Waals surface area contributed by atoms with Gasteiger partial charge in [0.15, 0.2) is 0 Å². The zero-order chi connectivity index (χ0) is 10.1. The van der Waals surface area contributed by atoms with Gasteiger partial charge in [0.05, 0.1) is 0 Å². The van der Waals surface area contributed by atoms with E-state index in [0.29, 0.717) is 0 Å². The Morgan fingerprint density at radius 3 is 2.71 bits per heavy atom. The SMILES string of the molecule is CCCCNC/C=C/C1CCCCC1. The van der Waals surface area contributed by atoms with Gasteiger partial charge in [0.1, 0.15) is 0 Å². The molecule has 0 heterocycles. The smallest absolute Gasteiger partial charge is 0.0134 e. The molecular formula is C13H25N. The Labute approximate surface area is 89.0 Å². The molecule has 0 spiro atoms. The standard InChI is InChI=1S/C13H25N/c1-2-3-11-14-12-7-10-13-8-5-4-6-9-13/h7,10,13-14H,2-6,8-9,11-12H2,1H3/b10-7+. The quantitative estimate of drug-likeness (QED) is 0.505. The van der Waals surface area contributed by atoms with E-state index in [0.717, 1.165) is 12.5 Å². The van der Waals surface area contributed by atoms with Crippen LogP contribution in [0.2, 0.25) is 0 Å². The molecule has 1 nitrogen and oxygen atoms in total. The Balaban J connectivity index is 1.96. The van der Waals surface area contributed by atoms with Crippen molar-refractivity contribution in [2.24, 2.45) is 5.92 Å². The fourth-order valence-corrected chi connectivity index (χ4v) is 2.07. The molecule has 0 aromatic carbocycles. The maximum absolute atomic E-state index is 3.44. The first-order chi connectivity index (χ1) is 6.93. The lowest BCUT2D eigenvalue weighted by atomic mass is 9.89. The van der Waals surface area contributed by atoms with Crippen LogP contribution < -0.4 is 5.32 Å². The average Bonchev–Trinajstić information content (AvgIpc) is 2.25. The summed E-state index contributed by atoms with van der Waals surface area (Å²) in [4.78, 5) is 0. The van der Waals surface area contributed by atoms with Crippen LogP contribution in [0.4, 0.5) is 0 Å². The molecule has 0 unspecified atom stereocenters. The summed E-state index contributed by atoms with van der Waals surface area (Å²) < 4.78 is 0. The Morgan fingerprint density at radius 2 is 2.00 bits per heavy atom. The van der Waals surface area contributed by atoms with Crippen molar-refractivity contribution in [3.05, 3.63) is 12.2 Å². The third-order valence-electron chi connectivity index (χ3n) is 3.03. The third-order valence-corrected chi connectivity index (χ3v) is 3.03. The summed E-state index contributed by atoms with van der Waals surface area (Å²) in [6.45, 7) is 4.47. The molecule has 0 saturated heterocycles. The highest BCUT2D eigenvalue weighted by Gasteiger charge is 2.08. The monoisotopic (exact) mass is 195 g/mol. The lowest BCUT2D eigenvalue weighted by Gasteiger charge is -2.17. The van der Waals surface area contributed by atoms with E-state index in [2.05, 4.69) is 24.4 Å². The molecule has 1 heteroatoms. The molecule has 0 aromatic heterocycles. The van der Waals surface area contributed by atoms with Gasteiger partial charge in [-0.3, -0.25) is 0 Å². The summed E-state index contributed by atoms with van der Waals surface area (Å²) in [7, 11) is 0. The predicted molar refractivity (Wildman–Crippen MR) is 63.5 cm³/mol. The molecule has 1 N–H and O–H groups in total. The first-order valence-corrected chi connectivity index (χ1v) is 6.31.